The quantitative estimate of drug-likeness (QED) is 0.0222. The topological polar surface area (TPSA) is 237 Å². The maximum atomic E-state index is 13.0. The van der Waals surface area contributed by atoms with Crippen molar-refractivity contribution in [3.8, 4) is 0 Å². The SMILES string of the molecule is CC(C)CCCCCCCCCCCCCCCCCCC(=O)O[C@H](COC(=O)CCCCCCCCC(C)C)COP(=O)(O)OCC(O)COP(=O)(O)OC[C@@H](COC(=O)CCCCCCCCCCCC(C)C)OC(=O)CCCCCCCCCCCC(C)C. The molecule has 546 valence electrons. The molecule has 17 nitrogen and oxygen atoms in total. The van der Waals surface area contributed by atoms with E-state index in [0.29, 0.717) is 31.6 Å². The van der Waals surface area contributed by atoms with Crippen LogP contribution in [0.5, 0.6) is 0 Å². The fourth-order valence-corrected chi connectivity index (χ4v) is 12.6. The second-order valence-corrected chi connectivity index (χ2v) is 31.1. The van der Waals surface area contributed by atoms with Crippen LogP contribution in [0.3, 0.4) is 0 Å². The summed E-state index contributed by atoms with van der Waals surface area (Å²) in [5.41, 5.74) is 0. The molecule has 0 saturated heterocycles. The summed E-state index contributed by atoms with van der Waals surface area (Å²) in [6, 6.07) is 0. The molecule has 0 fully saturated rings. The standard InChI is InChI=1S/C73H142O17P2/c1-63(2)49-41-33-25-19-15-13-11-9-10-12-14-16-22-29-39-47-55-72(77)90-69(60-84-71(76)54-46-38-32-31-36-44-52-66(7)8)62-88-92(81,82)86-58-67(74)57-85-91(79,80)87-61-68(89-73(78)56-48-40-30-24-18-21-27-35-43-51-65(5)6)59-83-70(75)53-45-37-28-23-17-20-26-34-42-50-64(3)4/h63-69,74H,9-62H2,1-8H3,(H,79,80)(H,81,82)/t67?,68-,69-/m1/s1. The number of phosphoric ester groups is 2. The Hall–Kier alpha value is -1.94. The van der Waals surface area contributed by atoms with Crippen LogP contribution in [0.15, 0.2) is 0 Å². The van der Waals surface area contributed by atoms with Crippen LogP contribution in [0.2, 0.25) is 0 Å². The maximum absolute atomic E-state index is 13.0. The third-order valence-corrected chi connectivity index (χ3v) is 18.7. The van der Waals surface area contributed by atoms with E-state index in [0.717, 1.165) is 114 Å². The molecule has 0 aromatic rings. The molecule has 0 heterocycles. The number of esters is 4. The second kappa shape index (κ2) is 62.6. The first-order chi connectivity index (χ1) is 44.1. The van der Waals surface area contributed by atoms with E-state index in [1.165, 1.54) is 161 Å². The van der Waals surface area contributed by atoms with Crippen LogP contribution in [-0.4, -0.2) is 96.7 Å². The van der Waals surface area contributed by atoms with Crippen molar-refractivity contribution in [3.05, 3.63) is 0 Å². The Morgan fingerprint density at radius 1 is 0.272 bits per heavy atom. The minimum absolute atomic E-state index is 0.104. The molecular weight excluding hydrogens is 1210 g/mol. The van der Waals surface area contributed by atoms with E-state index in [9.17, 15) is 43.2 Å². The average Bonchev–Trinajstić information content (AvgIpc) is 1.54. The van der Waals surface area contributed by atoms with Crippen LogP contribution >= 0.6 is 15.6 Å². The lowest BCUT2D eigenvalue weighted by Gasteiger charge is -2.21. The van der Waals surface area contributed by atoms with Gasteiger partial charge in [0.2, 0.25) is 0 Å². The minimum atomic E-state index is -4.95. The predicted octanol–water partition coefficient (Wildman–Crippen LogP) is 20.9. The first-order valence-electron chi connectivity index (χ1n) is 37.7. The number of carbonyl (C=O) groups excluding carboxylic acids is 4. The smallest absolute Gasteiger partial charge is 0.462 e. The molecule has 0 aliphatic heterocycles. The number of ether oxygens (including phenoxy) is 4. The van der Waals surface area contributed by atoms with Crippen molar-refractivity contribution < 1.29 is 80.2 Å². The molecule has 3 unspecified atom stereocenters. The third kappa shape index (κ3) is 66.7. The number of unbranched alkanes of at least 4 members (excludes halogenated alkanes) is 36. The summed E-state index contributed by atoms with van der Waals surface area (Å²) in [7, 11) is -9.91. The van der Waals surface area contributed by atoms with Crippen molar-refractivity contribution in [1.82, 2.24) is 0 Å². The summed E-state index contributed by atoms with van der Waals surface area (Å²) in [5.74, 6) is 0.841. The number of phosphoric acid groups is 2. The highest BCUT2D eigenvalue weighted by Gasteiger charge is 2.30. The minimum Gasteiger partial charge on any atom is -0.462 e. The zero-order chi connectivity index (χ0) is 68.2. The normalized spacial score (nSPS) is 14.2. The van der Waals surface area contributed by atoms with Crippen molar-refractivity contribution in [2.75, 3.05) is 39.6 Å². The first kappa shape index (κ1) is 90.1. The molecule has 92 heavy (non-hydrogen) atoms. The fraction of sp³-hybridized carbons (Fsp3) is 0.945. The highest BCUT2D eigenvalue weighted by Crippen LogP contribution is 2.45. The van der Waals surface area contributed by atoms with Gasteiger partial charge in [0.15, 0.2) is 12.2 Å². The Balaban J connectivity index is 5.20. The Morgan fingerprint density at radius 2 is 0.457 bits per heavy atom. The number of aliphatic hydroxyl groups is 1. The van der Waals surface area contributed by atoms with Crippen LogP contribution in [0.1, 0.15) is 364 Å². The molecule has 5 atom stereocenters. The van der Waals surface area contributed by atoms with Crippen molar-refractivity contribution >= 4 is 39.5 Å². The molecule has 0 aromatic heterocycles. The van der Waals surface area contributed by atoms with Gasteiger partial charge in [0.05, 0.1) is 26.4 Å². The Labute approximate surface area is 562 Å². The number of hydrogen-bond donors (Lipinski definition) is 3. The van der Waals surface area contributed by atoms with Crippen molar-refractivity contribution in [3.63, 3.8) is 0 Å². The molecular formula is C73H142O17P2. The van der Waals surface area contributed by atoms with Crippen LogP contribution in [-0.2, 0) is 65.4 Å². The average molecular weight is 1350 g/mol. The molecule has 0 spiro atoms. The molecule has 0 aliphatic rings. The lowest BCUT2D eigenvalue weighted by atomic mass is 10.0. The van der Waals surface area contributed by atoms with Crippen LogP contribution < -0.4 is 0 Å². The van der Waals surface area contributed by atoms with Gasteiger partial charge in [-0.15, -0.1) is 0 Å². The molecule has 19 heteroatoms. The van der Waals surface area contributed by atoms with E-state index in [1.807, 2.05) is 0 Å². The largest absolute Gasteiger partial charge is 0.472 e. The molecule has 0 aliphatic carbocycles. The van der Waals surface area contributed by atoms with E-state index in [-0.39, 0.29) is 25.7 Å². The monoisotopic (exact) mass is 1350 g/mol. The molecule has 0 rings (SSSR count). The van der Waals surface area contributed by atoms with Crippen LogP contribution in [0.4, 0.5) is 0 Å². The van der Waals surface area contributed by atoms with Crippen LogP contribution in [0, 0.1) is 23.7 Å². The van der Waals surface area contributed by atoms with Gasteiger partial charge in [-0.2, -0.15) is 0 Å². The predicted molar refractivity (Wildman–Crippen MR) is 372 cm³/mol. The highest BCUT2D eigenvalue weighted by atomic mass is 31.2. The van der Waals surface area contributed by atoms with Gasteiger partial charge in [0.1, 0.15) is 19.3 Å². The van der Waals surface area contributed by atoms with E-state index in [4.69, 9.17) is 37.0 Å². The highest BCUT2D eigenvalue weighted by molar-refractivity contribution is 7.47. The van der Waals surface area contributed by atoms with Gasteiger partial charge < -0.3 is 33.8 Å². The molecule has 0 bridgehead atoms. The van der Waals surface area contributed by atoms with Gasteiger partial charge in [-0.3, -0.25) is 37.3 Å². The summed E-state index contributed by atoms with van der Waals surface area (Å²) < 4.78 is 68.3. The number of rotatable bonds is 70. The number of aliphatic hydroxyl groups excluding tert-OH is 1. The lowest BCUT2D eigenvalue weighted by molar-refractivity contribution is -0.161. The van der Waals surface area contributed by atoms with Crippen molar-refractivity contribution in [2.24, 2.45) is 23.7 Å². The van der Waals surface area contributed by atoms with Crippen molar-refractivity contribution in [1.29, 1.82) is 0 Å². The zero-order valence-corrected chi connectivity index (χ0v) is 62.0. The van der Waals surface area contributed by atoms with Gasteiger partial charge in [-0.25, -0.2) is 9.13 Å². The Morgan fingerprint density at radius 3 is 0.674 bits per heavy atom. The number of hydrogen-bond acceptors (Lipinski definition) is 15. The summed E-state index contributed by atoms with van der Waals surface area (Å²) in [4.78, 5) is 72.6. The lowest BCUT2D eigenvalue weighted by Crippen LogP contribution is -2.30. The van der Waals surface area contributed by atoms with E-state index < -0.39 is 97.5 Å². The zero-order valence-electron chi connectivity index (χ0n) is 60.2. The van der Waals surface area contributed by atoms with E-state index >= 15 is 0 Å². The summed E-state index contributed by atoms with van der Waals surface area (Å²) >= 11 is 0. The summed E-state index contributed by atoms with van der Waals surface area (Å²) in [6.45, 7) is 14.1. The van der Waals surface area contributed by atoms with Gasteiger partial charge >= 0.3 is 39.5 Å². The number of carbonyl (C=O) groups is 4. The van der Waals surface area contributed by atoms with Crippen LogP contribution in [0.25, 0.3) is 0 Å². The molecule has 0 radical (unpaired) electrons. The van der Waals surface area contributed by atoms with Gasteiger partial charge in [-0.1, -0.05) is 312 Å². The van der Waals surface area contributed by atoms with Gasteiger partial charge in [0, 0.05) is 25.7 Å². The Bertz CT molecular complexity index is 1820. The molecule has 0 saturated carbocycles. The van der Waals surface area contributed by atoms with Crippen molar-refractivity contribution in [2.45, 2.75) is 382 Å². The molecule has 3 N–H and O–H groups in total. The maximum Gasteiger partial charge on any atom is 0.472 e. The third-order valence-electron chi connectivity index (χ3n) is 16.8. The van der Waals surface area contributed by atoms with E-state index in [1.54, 1.807) is 0 Å². The first-order valence-corrected chi connectivity index (χ1v) is 40.7. The van der Waals surface area contributed by atoms with Gasteiger partial charge in [0.25, 0.3) is 0 Å². The molecule has 0 aromatic carbocycles. The molecule has 0 amide bonds. The summed E-state index contributed by atoms with van der Waals surface area (Å²) in [6.07, 6.45) is 46.1. The van der Waals surface area contributed by atoms with E-state index in [2.05, 4.69) is 55.4 Å². The van der Waals surface area contributed by atoms with Gasteiger partial charge in [-0.05, 0) is 49.4 Å². The Kier molecular flexibility index (Phi) is 61.3. The second-order valence-electron chi connectivity index (χ2n) is 28.2. The summed E-state index contributed by atoms with van der Waals surface area (Å²) in [5, 5.41) is 10.6. The fourth-order valence-electron chi connectivity index (χ4n) is 11.0.